The molecule has 17 heavy (non-hydrogen) atoms. The highest BCUT2D eigenvalue weighted by Crippen LogP contribution is 2.20. The van der Waals surface area contributed by atoms with E-state index in [1.807, 2.05) is 19.1 Å². The van der Waals surface area contributed by atoms with Gasteiger partial charge in [-0.1, -0.05) is 6.42 Å². The van der Waals surface area contributed by atoms with Crippen molar-refractivity contribution in [2.24, 2.45) is 0 Å². The number of rotatable bonds is 2. The molecule has 94 valence electrons. The van der Waals surface area contributed by atoms with Crippen LogP contribution in [0.2, 0.25) is 0 Å². The molecule has 2 amide bonds. The predicted molar refractivity (Wildman–Crippen MR) is 71.7 cm³/mol. The van der Waals surface area contributed by atoms with E-state index in [9.17, 15) is 4.79 Å². The van der Waals surface area contributed by atoms with E-state index in [2.05, 4.69) is 16.0 Å². The maximum absolute atomic E-state index is 11.8. The molecule has 1 aliphatic rings. The molecule has 0 radical (unpaired) electrons. The summed E-state index contributed by atoms with van der Waals surface area (Å²) in [6, 6.07) is 4.09. The van der Waals surface area contributed by atoms with Gasteiger partial charge in [-0.25, -0.2) is 4.79 Å². The molecular formula is C12H19N3OS. The maximum Gasteiger partial charge on any atom is 0.320 e. The van der Waals surface area contributed by atoms with Gasteiger partial charge >= 0.3 is 6.03 Å². The molecule has 1 aromatic rings. The Hall–Kier alpha value is -1.07. The summed E-state index contributed by atoms with van der Waals surface area (Å²) in [6.07, 6.45) is 3.43. The molecule has 2 heterocycles. The number of aryl methyl sites for hydroxylation is 1. The SMILES string of the molecule is Cc1ccc(NC(=O)NC2CCCCNC2)s1. The van der Waals surface area contributed by atoms with Crippen molar-refractivity contribution in [1.29, 1.82) is 0 Å². The average Bonchev–Trinajstić information content (AvgIpc) is 2.53. The number of thiophene rings is 1. The molecule has 4 nitrogen and oxygen atoms in total. The number of carbonyl (C=O) groups excluding carboxylic acids is 1. The van der Waals surface area contributed by atoms with Gasteiger partial charge in [0.05, 0.1) is 5.00 Å². The molecule has 1 aromatic heterocycles. The van der Waals surface area contributed by atoms with E-state index in [0.717, 1.165) is 24.5 Å². The minimum absolute atomic E-state index is 0.0967. The number of urea groups is 1. The standard InChI is InChI=1S/C12H19N3OS/c1-9-5-6-11(17-9)15-12(16)14-10-4-2-3-7-13-8-10/h5-6,10,13H,2-4,7-8H2,1H3,(H2,14,15,16). The zero-order chi connectivity index (χ0) is 12.1. The van der Waals surface area contributed by atoms with Crippen LogP contribution in [0.1, 0.15) is 24.1 Å². The third-order valence-electron chi connectivity index (χ3n) is 2.86. The van der Waals surface area contributed by atoms with Crippen LogP contribution < -0.4 is 16.0 Å². The fourth-order valence-electron chi connectivity index (χ4n) is 1.98. The number of hydrogen-bond acceptors (Lipinski definition) is 3. The molecule has 0 aromatic carbocycles. The van der Waals surface area contributed by atoms with Gasteiger partial charge in [-0.05, 0) is 38.4 Å². The third-order valence-corrected chi connectivity index (χ3v) is 3.78. The highest BCUT2D eigenvalue weighted by Gasteiger charge is 2.14. The minimum atomic E-state index is -0.0967. The monoisotopic (exact) mass is 253 g/mol. The zero-order valence-electron chi connectivity index (χ0n) is 10.1. The third kappa shape index (κ3) is 4.02. The normalized spacial score (nSPS) is 20.6. The van der Waals surface area contributed by atoms with Crippen molar-refractivity contribution in [2.45, 2.75) is 32.2 Å². The molecule has 0 bridgehead atoms. The van der Waals surface area contributed by atoms with E-state index in [1.54, 1.807) is 11.3 Å². The summed E-state index contributed by atoms with van der Waals surface area (Å²) in [4.78, 5) is 13.0. The van der Waals surface area contributed by atoms with Crippen LogP contribution in [-0.4, -0.2) is 25.2 Å². The van der Waals surface area contributed by atoms with Crippen LogP contribution in [0.5, 0.6) is 0 Å². The second-order valence-electron chi connectivity index (χ2n) is 4.41. The van der Waals surface area contributed by atoms with Crippen molar-refractivity contribution in [3.8, 4) is 0 Å². The van der Waals surface area contributed by atoms with Crippen molar-refractivity contribution >= 4 is 22.4 Å². The van der Waals surface area contributed by atoms with Gasteiger partial charge in [0.1, 0.15) is 0 Å². The van der Waals surface area contributed by atoms with E-state index >= 15 is 0 Å². The predicted octanol–water partition coefficient (Wildman–Crippen LogP) is 2.32. The molecule has 0 aliphatic carbocycles. The Balaban J connectivity index is 1.80. The Morgan fingerprint density at radius 1 is 1.47 bits per heavy atom. The van der Waals surface area contributed by atoms with E-state index in [4.69, 9.17) is 0 Å². The lowest BCUT2D eigenvalue weighted by molar-refractivity contribution is 0.247. The molecule has 1 atom stereocenters. The van der Waals surface area contributed by atoms with E-state index < -0.39 is 0 Å². The van der Waals surface area contributed by atoms with Crippen molar-refractivity contribution < 1.29 is 4.79 Å². The van der Waals surface area contributed by atoms with Gasteiger partial charge in [0.25, 0.3) is 0 Å². The van der Waals surface area contributed by atoms with Crippen LogP contribution in [-0.2, 0) is 0 Å². The highest BCUT2D eigenvalue weighted by molar-refractivity contribution is 7.16. The van der Waals surface area contributed by atoms with Crippen LogP contribution in [0.15, 0.2) is 12.1 Å². The first-order valence-corrected chi connectivity index (χ1v) is 6.90. The molecule has 0 saturated carbocycles. The van der Waals surface area contributed by atoms with Gasteiger partial charge in [0.15, 0.2) is 0 Å². The summed E-state index contributed by atoms with van der Waals surface area (Å²) >= 11 is 1.59. The number of amides is 2. The number of nitrogens with one attached hydrogen (secondary N) is 3. The van der Waals surface area contributed by atoms with Gasteiger partial charge in [0.2, 0.25) is 0 Å². The lowest BCUT2D eigenvalue weighted by Crippen LogP contribution is -2.42. The summed E-state index contributed by atoms with van der Waals surface area (Å²) in [6.45, 7) is 3.96. The zero-order valence-corrected chi connectivity index (χ0v) is 10.9. The Bertz CT molecular complexity index is 370. The Morgan fingerprint density at radius 3 is 3.12 bits per heavy atom. The quantitative estimate of drug-likeness (QED) is 0.757. The Labute approximate surface area is 106 Å². The number of anilines is 1. The fourth-order valence-corrected chi connectivity index (χ4v) is 2.74. The Kier molecular flexibility index (Phi) is 4.39. The van der Waals surface area contributed by atoms with Crippen molar-refractivity contribution in [3.63, 3.8) is 0 Å². The van der Waals surface area contributed by atoms with Gasteiger partial charge < -0.3 is 10.6 Å². The molecule has 5 heteroatoms. The first-order valence-electron chi connectivity index (χ1n) is 6.09. The first-order chi connectivity index (χ1) is 8.24. The summed E-state index contributed by atoms with van der Waals surface area (Å²) in [5, 5.41) is 10.1. The van der Waals surface area contributed by atoms with E-state index in [1.165, 1.54) is 17.7 Å². The molecule has 2 rings (SSSR count). The van der Waals surface area contributed by atoms with Crippen molar-refractivity contribution in [3.05, 3.63) is 17.0 Å². The van der Waals surface area contributed by atoms with Crippen LogP contribution in [0.4, 0.5) is 9.80 Å². The number of hydrogen-bond donors (Lipinski definition) is 3. The van der Waals surface area contributed by atoms with Gasteiger partial charge in [-0.2, -0.15) is 0 Å². The van der Waals surface area contributed by atoms with Crippen LogP contribution >= 0.6 is 11.3 Å². The smallest absolute Gasteiger partial charge is 0.320 e. The molecule has 1 fully saturated rings. The lowest BCUT2D eigenvalue weighted by atomic mass is 10.1. The number of carbonyl (C=O) groups is 1. The van der Waals surface area contributed by atoms with Gasteiger partial charge in [-0.3, -0.25) is 5.32 Å². The molecular weight excluding hydrogens is 234 g/mol. The summed E-state index contributed by atoms with van der Waals surface area (Å²) in [7, 11) is 0. The van der Waals surface area contributed by atoms with Gasteiger partial charge in [0, 0.05) is 17.5 Å². The van der Waals surface area contributed by atoms with Crippen molar-refractivity contribution in [1.82, 2.24) is 10.6 Å². The summed E-state index contributed by atoms with van der Waals surface area (Å²) in [5.74, 6) is 0. The first kappa shape index (κ1) is 12.4. The van der Waals surface area contributed by atoms with Crippen LogP contribution in [0.3, 0.4) is 0 Å². The van der Waals surface area contributed by atoms with E-state index in [0.29, 0.717) is 0 Å². The van der Waals surface area contributed by atoms with Gasteiger partial charge in [-0.15, -0.1) is 11.3 Å². The Morgan fingerprint density at radius 2 is 2.35 bits per heavy atom. The van der Waals surface area contributed by atoms with Crippen LogP contribution in [0.25, 0.3) is 0 Å². The van der Waals surface area contributed by atoms with Crippen LogP contribution in [0, 0.1) is 6.92 Å². The largest absolute Gasteiger partial charge is 0.334 e. The topological polar surface area (TPSA) is 53.2 Å². The maximum atomic E-state index is 11.8. The average molecular weight is 253 g/mol. The molecule has 1 aliphatic heterocycles. The minimum Gasteiger partial charge on any atom is -0.334 e. The lowest BCUT2D eigenvalue weighted by Gasteiger charge is -2.16. The molecule has 1 saturated heterocycles. The summed E-state index contributed by atoms with van der Waals surface area (Å²) in [5.41, 5.74) is 0. The second kappa shape index (κ2) is 6.02. The van der Waals surface area contributed by atoms with Crippen molar-refractivity contribution in [2.75, 3.05) is 18.4 Å². The molecule has 1 unspecified atom stereocenters. The molecule has 0 spiro atoms. The fraction of sp³-hybridized carbons (Fsp3) is 0.583. The van der Waals surface area contributed by atoms with E-state index in [-0.39, 0.29) is 12.1 Å². The second-order valence-corrected chi connectivity index (χ2v) is 5.69. The summed E-state index contributed by atoms with van der Waals surface area (Å²) < 4.78 is 0. The highest BCUT2D eigenvalue weighted by atomic mass is 32.1. The molecule has 3 N–H and O–H groups in total.